The standard InChI is InChI=1S/C10H11N3S3/c1-6-4-7-9(15-3-2-8(11)14)12-5-13-10(7)16-6/h4-5H,2-3H2,1H3,(H2,11,14). The highest BCUT2D eigenvalue weighted by molar-refractivity contribution is 7.99. The van der Waals surface area contributed by atoms with E-state index in [2.05, 4.69) is 23.0 Å². The molecule has 16 heavy (non-hydrogen) atoms. The molecule has 2 aromatic heterocycles. The van der Waals surface area contributed by atoms with Gasteiger partial charge in [-0.15, -0.1) is 23.1 Å². The lowest BCUT2D eigenvalue weighted by Crippen LogP contribution is -2.08. The van der Waals surface area contributed by atoms with Crippen molar-refractivity contribution in [3.8, 4) is 0 Å². The van der Waals surface area contributed by atoms with E-state index in [0.717, 1.165) is 27.4 Å². The van der Waals surface area contributed by atoms with Gasteiger partial charge in [-0.2, -0.15) is 0 Å². The molecule has 0 spiro atoms. The van der Waals surface area contributed by atoms with Crippen molar-refractivity contribution in [3.63, 3.8) is 0 Å². The molecule has 0 saturated carbocycles. The molecule has 6 heteroatoms. The van der Waals surface area contributed by atoms with Crippen LogP contribution in [-0.2, 0) is 0 Å². The van der Waals surface area contributed by atoms with Crippen LogP contribution < -0.4 is 5.73 Å². The Labute approximate surface area is 107 Å². The molecule has 0 fully saturated rings. The van der Waals surface area contributed by atoms with E-state index in [1.165, 1.54) is 4.88 Å². The summed E-state index contributed by atoms with van der Waals surface area (Å²) in [5.41, 5.74) is 5.46. The molecule has 0 saturated heterocycles. The molecule has 0 radical (unpaired) electrons. The van der Waals surface area contributed by atoms with Gasteiger partial charge in [-0.25, -0.2) is 9.97 Å². The number of hydrogen-bond acceptors (Lipinski definition) is 5. The number of aromatic nitrogens is 2. The van der Waals surface area contributed by atoms with Gasteiger partial charge in [-0.3, -0.25) is 0 Å². The topological polar surface area (TPSA) is 51.8 Å². The third kappa shape index (κ3) is 2.69. The van der Waals surface area contributed by atoms with Crippen LogP contribution in [0.4, 0.5) is 0 Å². The van der Waals surface area contributed by atoms with Crippen molar-refractivity contribution in [1.82, 2.24) is 9.97 Å². The van der Waals surface area contributed by atoms with E-state index in [9.17, 15) is 0 Å². The van der Waals surface area contributed by atoms with E-state index in [-0.39, 0.29) is 0 Å². The van der Waals surface area contributed by atoms with E-state index in [0.29, 0.717) is 4.99 Å². The van der Waals surface area contributed by atoms with Gasteiger partial charge in [-0.1, -0.05) is 12.2 Å². The van der Waals surface area contributed by atoms with Crippen LogP contribution in [0, 0.1) is 6.92 Å². The first-order valence-corrected chi connectivity index (χ1v) is 7.00. The third-order valence-electron chi connectivity index (χ3n) is 2.00. The second-order valence-electron chi connectivity index (χ2n) is 3.32. The molecule has 0 unspecified atom stereocenters. The molecule has 0 atom stereocenters. The van der Waals surface area contributed by atoms with E-state index in [4.69, 9.17) is 18.0 Å². The van der Waals surface area contributed by atoms with Crippen LogP contribution in [0.2, 0.25) is 0 Å². The fourth-order valence-electron chi connectivity index (χ4n) is 1.32. The van der Waals surface area contributed by atoms with Gasteiger partial charge in [0.1, 0.15) is 16.2 Å². The number of thiophene rings is 1. The van der Waals surface area contributed by atoms with Gasteiger partial charge in [0.25, 0.3) is 0 Å². The number of hydrogen-bond donors (Lipinski definition) is 1. The van der Waals surface area contributed by atoms with Gasteiger partial charge in [0.05, 0.1) is 4.99 Å². The van der Waals surface area contributed by atoms with Crippen LogP contribution in [-0.4, -0.2) is 20.7 Å². The summed E-state index contributed by atoms with van der Waals surface area (Å²) in [5, 5.41) is 2.16. The summed E-state index contributed by atoms with van der Waals surface area (Å²) in [6, 6.07) is 2.13. The molecule has 3 nitrogen and oxygen atoms in total. The quantitative estimate of drug-likeness (QED) is 0.525. The predicted molar refractivity (Wildman–Crippen MR) is 74.3 cm³/mol. The summed E-state index contributed by atoms with van der Waals surface area (Å²) in [4.78, 5) is 11.4. The smallest absolute Gasteiger partial charge is 0.128 e. The summed E-state index contributed by atoms with van der Waals surface area (Å²) in [6.45, 7) is 2.08. The van der Waals surface area contributed by atoms with Crippen molar-refractivity contribution in [2.45, 2.75) is 18.4 Å². The van der Waals surface area contributed by atoms with Crippen molar-refractivity contribution >= 4 is 50.5 Å². The maximum Gasteiger partial charge on any atom is 0.128 e. The zero-order valence-corrected chi connectivity index (χ0v) is 11.2. The second kappa shape index (κ2) is 5.07. The first-order chi connectivity index (χ1) is 7.66. The number of thiocarbonyl (C=S) groups is 1. The van der Waals surface area contributed by atoms with Gasteiger partial charge >= 0.3 is 0 Å². The molecule has 0 aliphatic carbocycles. The second-order valence-corrected chi connectivity index (χ2v) is 6.16. The summed E-state index contributed by atoms with van der Waals surface area (Å²) in [5.74, 6) is 0.871. The Morgan fingerprint density at radius 3 is 3.12 bits per heavy atom. The molecule has 2 aromatic rings. The number of nitrogens with two attached hydrogens (primary N) is 1. The Morgan fingerprint density at radius 2 is 2.38 bits per heavy atom. The van der Waals surface area contributed by atoms with Crippen LogP contribution in [0.3, 0.4) is 0 Å². The minimum absolute atomic E-state index is 0.555. The number of nitrogens with zero attached hydrogens (tertiary/aromatic N) is 2. The molecule has 2 rings (SSSR count). The lowest BCUT2D eigenvalue weighted by atomic mass is 10.4. The van der Waals surface area contributed by atoms with Crippen LogP contribution in [0.5, 0.6) is 0 Å². The number of thioether (sulfide) groups is 1. The summed E-state index contributed by atoms with van der Waals surface area (Å²) >= 11 is 8.22. The molecule has 0 bridgehead atoms. The molecule has 0 aromatic carbocycles. The highest BCUT2D eigenvalue weighted by Gasteiger charge is 2.07. The van der Waals surface area contributed by atoms with Gasteiger partial charge in [0.15, 0.2) is 0 Å². The zero-order valence-electron chi connectivity index (χ0n) is 8.77. The SMILES string of the molecule is Cc1cc2c(SCCC(N)=S)ncnc2s1. The first kappa shape index (κ1) is 11.8. The van der Waals surface area contributed by atoms with Crippen LogP contribution in [0.15, 0.2) is 17.4 Å². The van der Waals surface area contributed by atoms with E-state index >= 15 is 0 Å². The van der Waals surface area contributed by atoms with E-state index < -0.39 is 0 Å². The average Bonchev–Trinajstić information content (AvgIpc) is 2.58. The molecule has 0 aliphatic rings. The van der Waals surface area contributed by atoms with Crippen molar-refractivity contribution in [2.75, 3.05) is 5.75 Å². The van der Waals surface area contributed by atoms with E-state index in [1.54, 1.807) is 29.4 Å². The van der Waals surface area contributed by atoms with Crippen molar-refractivity contribution in [3.05, 3.63) is 17.3 Å². The summed E-state index contributed by atoms with van der Waals surface area (Å²) in [6.07, 6.45) is 2.36. The molecule has 0 aliphatic heterocycles. The Morgan fingerprint density at radius 1 is 1.56 bits per heavy atom. The van der Waals surface area contributed by atoms with Gasteiger partial charge in [-0.05, 0) is 13.0 Å². The fraction of sp³-hybridized carbons (Fsp3) is 0.300. The molecule has 0 amide bonds. The summed E-state index contributed by atoms with van der Waals surface area (Å²) < 4.78 is 0. The lowest BCUT2D eigenvalue weighted by Gasteiger charge is -2.00. The number of rotatable bonds is 4. The van der Waals surface area contributed by atoms with Gasteiger partial charge in [0.2, 0.25) is 0 Å². The highest BCUT2D eigenvalue weighted by atomic mass is 32.2. The molecule has 2 N–H and O–H groups in total. The molecule has 84 valence electrons. The largest absolute Gasteiger partial charge is 0.393 e. The maximum atomic E-state index is 5.46. The van der Waals surface area contributed by atoms with Gasteiger partial charge < -0.3 is 5.73 Å². The lowest BCUT2D eigenvalue weighted by molar-refractivity contribution is 1.11. The molecular weight excluding hydrogens is 258 g/mol. The maximum absolute atomic E-state index is 5.46. The monoisotopic (exact) mass is 269 g/mol. The Hall–Kier alpha value is -0.720. The van der Waals surface area contributed by atoms with Crippen LogP contribution in [0.1, 0.15) is 11.3 Å². The number of aryl methyl sites for hydroxylation is 1. The van der Waals surface area contributed by atoms with Crippen molar-refractivity contribution in [1.29, 1.82) is 0 Å². The van der Waals surface area contributed by atoms with Gasteiger partial charge in [0, 0.05) is 22.4 Å². The Bertz CT molecular complexity index is 521. The van der Waals surface area contributed by atoms with E-state index in [1.807, 2.05) is 0 Å². The Balaban J connectivity index is 2.20. The predicted octanol–water partition coefficient (Wildman–Crippen LogP) is 2.77. The average molecular weight is 269 g/mol. The fourth-order valence-corrected chi connectivity index (χ4v) is 3.41. The van der Waals surface area contributed by atoms with Crippen LogP contribution >= 0.6 is 35.3 Å². The first-order valence-electron chi connectivity index (χ1n) is 4.79. The zero-order chi connectivity index (χ0) is 11.5. The molecular formula is C10H11N3S3. The minimum Gasteiger partial charge on any atom is -0.393 e. The normalized spacial score (nSPS) is 10.8. The van der Waals surface area contributed by atoms with Crippen molar-refractivity contribution in [2.24, 2.45) is 5.73 Å². The van der Waals surface area contributed by atoms with Crippen molar-refractivity contribution < 1.29 is 0 Å². The summed E-state index contributed by atoms with van der Waals surface area (Å²) in [7, 11) is 0. The highest BCUT2D eigenvalue weighted by Crippen LogP contribution is 2.30. The Kier molecular flexibility index (Phi) is 3.73. The number of fused-ring (bicyclic) bond motifs is 1. The minimum atomic E-state index is 0.555. The third-order valence-corrected chi connectivity index (χ3v) is 4.17. The molecule has 2 heterocycles. The van der Waals surface area contributed by atoms with Crippen LogP contribution in [0.25, 0.3) is 10.2 Å².